The normalized spacial score (nSPS) is 10.3. The fourth-order valence-electron chi connectivity index (χ4n) is 2.09. The first kappa shape index (κ1) is 17.6. The molecule has 0 unspecified atom stereocenters. The van der Waals surface area contributed by atoms with Gasteiger partial charge in [-0.25, -0.2) is 8.78 Å². The van der Waals surface area contributed by atoms with Gasteiger partial charge in [0.1, 0.15) is 11.6 Å². The average Bonchev–Trinajstić information content (AvgIpc) is 2.56. The van der Waals surface area contributed by atoms with E-state index in [-0.39, 0.29) is 5.69 Å². The number of anilines is 2. The summed E-state index contributed by atoms with van der Waals surface area (Å²) in [6.07, 6.45) is 3.13. The van der Waals surface area contributed by atoms with Crippen LogP contribution >= 0.6 is 0 Å². The lowest BCUT2D eigenvalue weighted by molar-refractivity contribution is -0.133. The molecule has 0 aliphatic heterocycles. The van der Waals surface area contributed by atoms with Gasteiger partial charge >= 0.3 is 11.8 Å². The molecule has 4 nitrogen and oxygen atoms in total. The van der Waals surface area contributed by atoms with E-state index in [2.05, 4.69) is 17.6 Å². The summed E-state index contributed by atoms with van der Waals surface area (Å²) in [4.78, 5) is 23.6. The smallest absolute Gasteiger partial charge is 0.314 e. The molecule has 0 spiro atoms. The molecule has 6 heteroatoms. The summed E-state index contributed by atoms with van der Waals surface area (Å²) in [5.74, 6) is -3.68. The minimum Gasteiger partial charge on any atom is -0.318 e. The predicted octanol–water partition coefficient (Wildman–Crippen LogP) is 3.88. The van der Waals surface area contributed by atoms with Gasteiger partial charge in [0.05, 0.1) is 5.69 Å². The number of halogens is 2. The van der Waals surface area contributed by atoms with Crippen LogP contribution in [0.4, 0.5) is 20.2 Å². The highest BCUT2D eigenvalue weighted by Gasteiger charge is 2.16. The van der Waals surface area contributed by atoms with E-state index in [0.29, 0.717) is 11.8 Å². The molecule has 0 aliphatic rings. The second-order valence-corrected chi connectivity index (χ2v) is 5.33. The van der Waals surface area contributed by atoms with E-state index in [1.54, 1.807) is 12.1 Å². The van der Waals surface area contributed by atoms with Crippen LogP contribution < -0.4 is 10.6 Å². The van der Waals surface area contributed by atoms with Crippen molar-refractivity contribution in [3.8, 4) is 0 Å². The number of aryl methyl sites for hydroxylation is 1. The maximum absolute atomic E-state index is 13.5. The lowest BCUT2D eigenvalue weighted by Gasteiger charge is -2.08. The van der Waals surface area contributed by atoms with Gasteiger partial charge in [-0.05, 0) is 42.7 Å². The Bertz CT molecular complexity index is 730. The van der Waals surface area contributed by atoms with E-state index in [1.165, 1.54) is 0 Å². The lowest BCUT2D eigenvalue weighted by Crippen LogP contribution is -2.29. The molecule has 126 valence electrons. The summed E-state index contributed by atoms with van der Waals surface area (Å²) >= 11 is 0. The van der Waals surface area contributed by atoms with Crippen LogP contribution in [-0.2, 0) is 16.0 Å². The second-order valence-electron chi connectivity index (χ2n) is 5.33. The van der Waals surface area contributed by atoms with Gasteiger partial charge in [0.25, 0.3) is 0 Å². The minimum absolute atomic E-state index is 0.258. The Morgan fingerprint density at radius 2 is 1.62 bits per heavy atom. The summed E-state index contributed by atoms with van der Waals surface area (Å²) in [5, 5.41) is 4.53. The monoisotopic (exact) mass is 332 g/mol. The van der Waals surface area contributed by atoms with Gasteiger partial charge in [0.15, 0.2) is 0 Å². The summed E-state index contributed by atoms with van der Waals surface area (Å²) in [6, 6.07) is 9.83. The van der Waals surface area contributed by atoms with Crippen molar-refractivity contribution in [2.45, 2.75) is 26.2 Å². The van der Waals surface area contributed by atoms with E-state index in [4.69, 9.17) is 0 Å². The first-order valence-electron chi connectivity index (χ1n) is 7.66. The molecule has 0 saturated heterocycles. The summed E-state index contributed by atoms with van der Waals surface area (Å²) in [6.45, 7) is 2.11. The third kappa shape index (κ3) is 4.87. The van der Waals surface area contributed by atoms with E-state index >= 15 is 0 Å². The van der Waals surface area contributed by atoms with Crippen LogP contribution in [0, 0.1) is 11.6 Å². The van der Waals surface area contributed by atoms with Crippen molar-refractivity contribution in [1.82, 2.24) is 0 Å². The van der Waals surface area contributed by atoms with E-state index in [0.717, 1.165) is 37.0 Å². The number of hydrogen-bond donors (Lipinski definition) is 2. The van der Waals surface area contributed by atoms with Gasteiger partial charge in [-0.15, -0.1) is 0 Å². The Labute approximate surface area is 138 Å². The number of rotatable bonds is 5. The highest BCUT2D eigenvalue weighted by molar-refractivity contribution is 6.43. The first-order chi connectivity index (χ1) is 11.5. The van der Waals surface area contributed by atoms with Crippen LogP contribution in [0.5, 0.6) is 0 Å². The van der Waals surface area contributed by atoms with E-state index in [9.17, 15) is 18.4 Å². The third-order valence-electron chi connectivity index (χ3n) is 3.42. The van der Waals surface area contributed by atoms with Crippen LogP contribution in [0.15, 0.2) is 42.5 Å². The number of benzene rings is 2. The van der Waals surface area contributed by atoms with Crippen molar-refractivity contribution >= 4 is 23.2 Å². The fourth-order valence-corrected chi connectivity index (χ4v) is 2.09. The fraction of sp³-hybridized carbons (Fsp3) is 0.222. The first-order valence-corrected chi connectivity index (χ1v) is 7.66. The highest BCUT2D eigenvalue weighted by Crippen LogP contribution is 2.15. The molecule has 0 heterocycles. The Balaban J connectivity index is 1.94. The Morgan fingerprint density at radius 1 is 0.958 bits per heavy atom. The zero-order chi connectivity index (χ0) is 17.5. The van der Waals surface area contributed by atoms with Crippen molar-refractivity contribution in [1.29, 1.82) is 0 Å². The van der Waals surface area contributed by atoms with Crippen LogP contribution in [-0.4, -0.2) is 11.8 Å². The van der Waals surface area contributed by atoms with Crippen LogP contribution in [0.25, 0.3) is 0 Å². The average molecular weight is 332 g/mol. The molecule has 0 aromatic heterocycles. The number of amides is 2. The summed E-state index contributed by atoms with van der Waals surface area (Å²) in [7, 11) is 0. The molecule has 2 rings (SSSR count). The van der Waals surface area contributed by atoms with Gasteiger partial charge in [0, 0.05) is 11.8 Å². The lowest BCUT2D eigenvalue weighted by atomic mass is 10.1. The Kier molecular flexibility index (Phi) is 6.01. The van der Waals surface area contributed by atoms with Gasteiger partial charge in [-0.3, -0.25) is 9.59 Å². The van der Waals surface area contributed by atoms with Gasteiger partial charge in [0.2, 0.25) is 0 Å². The van der Waals surface area contributed by atoms with Crippen molar-refractivity contribution in [2.75, 3.05) is 10.6 Å². The molecule has 2 aromatic carbocycles. The minimum atomic E-state index is -1.03. The molecule has 0 saturated carbocycles. The zero-order valence-corrected chi connectivity index (χ0v) is 13.2. The van der Waals surface area contributed by atoms with E-state index in [1.807, 2.05) is 12.1 Å². The summed E-state index contributed by atoms with van der Waals surface area (Å²) < 4.78 is 26.3. The summed E-state index contributed by atoms with van der Waals surface area (Å²) in [5.41, 5.74) is 1.36. The van der Waals surface area contributed by atoms with Gasteiger partial charge in [-0.1, -0.05) is 25.5 Å². The largest absolute Gasteiger partial charge is 0.318 e. The van der Waals surface area contributed by atoms with Crippen molar-refractivity contribution in [3.05, 3.63) is 59.7 Å². The highest BCUT2D eigenvalue weighted by atomic mass is 19.1. The molecule has 0 radical (unpaired) electrons. The SMILES string of the molecule is CCCCc1ccc(NC(=O)C(=O)Nc2ccc(F)cc2F)cc1. The molecule has 0 aliphatic carbocycles. The molecule has 0 bridgehead atoms. The third-order valence-corrected chi connectivity index (χ3v) is 3.42. The number of nitrogens with one attached hydrogen (secondary N) is 2. The number of carbonyl (C=O) groups is 2. The quantitative estimate of drug-likeness (QED) is 0.816. The molecular formula is C18H18F2N2O2. The standard InChI is InChI=1S/C18H18F2N2O2/c1-2-3-4-12-5-8-14(9-6-12)21-17(23)18(24)22-16-10-7-13(19)11-15(16)20/h5-11H,2-4H2,1H3,(H,21,23)(H,22,24). The molecule has 2 aromatic rings. The molecule has 0 fully saturated rings. The second kappa shape index (κ2) is 8.19. The van der Waals surface area contributed by atoms with Crippen LogP contribution in [0.1, 0.15) is 25.3 Å². The number of unbranched alkanes of at least 4 members (excludes halogenated alkanes) is 1. The Hall–Kier alpha value is -2.76. The maximum Gasteiger partial charge on any atom is 0.314 e. The molecule has 2 amide bonds. The zero-order valence-electron chi connectivity index (χ0n) is 13.2. The number of carbonyl (C=O) groups excluding carboxylic acids is 2. The van der Waals surface area contributed by atoms with Crippen molar-refractivity contribution in [3.63, 3.8) is 0 Å². The predicted molar refractivity (Wildman–Crippen MR) is 88.7 cm³/mol. The number of hydrogen-bond acceptors (Lipinski definition) is 2. The molecular weight excluding hydrogens is 314 g/mol. The molecule has 2 N–H and O–H groups in total. The van der Waals surface area contributed by atoms with Gasteiger partial charge in [-0.2, -0.15) is 0 Å². The molecule has 0 atom stereocenters. The van der Waals surface area contributed by atoms with E-state index < -0.39 is 23.4 Å². The van der Waals surface area contributed by atoms with Crippen LogP contribution in [0.2, 0.25) is 0 Å². The van der Waals surface area contributed by atoms with Crippen LogP contribution in [0.3, 0.4) is 0 Å². The van der Waals surface area contributed by atoms with Crippen molar-refractivity contribution < 1.29 is 18.4 Å². The Morgan fingerprint density at radius 3 is 2.25 bits per heavy atom. The van der Waals surface area contributed by atoms with Gasteiger partial charge < -0.3 is 10.6 Å². The topological polar surface area (TPSA) is 58.2 Å². The molecule has 24 heavy (non-hydrogen) atoms. The maximum atomic E-state index is 13.5. The van der Waals surface area contributed by atoms with Crippen molar-refractivity contribution in [2.24, 2.45) is 0 Å².